The first-order chi connectivity index (χ1) is 7.27. The van der Waals surface area contributed by atoms with E-state index in [1.807, 2.05) is 5.38 Å². The average molecular weight is 237 g/mol. The van der Waals surface area contributed by atoms with E-state index in [-0.39, 0.29) is 5.56 Å². The zero-order valence-corrected chi connectivity index (χ0v) is 9.05. The lowest BCUT2D eigenvalue weighted by molar-refractivity contribution is 1.11. The largest absolute Gasteiger partial charge is 0.268 e. The van der Waals surface area contributed by atoms with Crippen molar-refractivity contribution in [2.45, 2.75) is 0 Å². The Balaban J connectivity index is 2.70. The van der Waals surface area contributed by atoms with E-state index in [4.69, 9.17) is 11.6 Å². The molecule has 0 radical (unpaired) electrons. The summed E-state index contributed by atoms with van der Waals surface area (Å²) in [6, 6.07) is 5.23. The second-order valence-corrected chi connectivity index (χ2v) is 4.39. The van der Waals surface area contributed by atoms with Crippen molar-refractivity contribution < 1.29 is 0 Å². The number of benzene rings is 1. The molecule has 74 valence electrons. The molecular formula is C10H5ClN2OS. The van der Waals surface area contributed by atoms with Gasteiger partial charge in [-0.2, -0.15) is 0 Å². The summed E-state index contributed by atoms with van der Waals surface area (Å²) in [7, 11) is 0. The zero-order valence-electron chi connectivity index (χ0n) is 7.48. The van der Waals surface area contributed by atoms with Crippen molar-refractivity contribution in [2.24, 2.45) is 0 Å². The predicted octanol–water partition coefficient (Wildman–Crippen LogP) is 2.56. The van der Waals surface area contributed by atoms with E-state index >= 15 is 0 Å². The van der Waals surface area contributed by atoms with Crippen molar-refractivity contribution in [2.75, 3.05) is 0 Å². The summed E-state index contributed by atoms with van der Waals surface area (Å²) in [5.74, 6) is 0. The van der Waals surface area contributed by atoms with Crippen LogP contribution in [0.5, 0.6) is 0 Å². The highest BCUT2D eigenvalue weighted by atomic mass is 35.5. The molecule has 0 saturated heterocycles. The van der Waals surface area contributed by atoms with Crippen molar-refractivity contribution >= 4 is 38.8 Å². The molecule has 0 unspecified atom stereocenters. The Hall–Kier alpha value is -1.39. The van der Waals surface area contributed by atoms with Crippen LogP contribution in [0.1, 0.15) is 0 Å². The highest BCUT2D eigenvalue weighted by Crippen LogP contribution is 2.20. The van der Waals surface area contributed by atoms with Crippen molar-refractivity contribution in [1.82, 2.24) is 9.38 Å². The Labute approximate surface area is 93.6 Å². The Bertz CT molecular complexity index is 716. The molecule has 0 spiro atoms. The number of hydrogen-bond donors (Lipinski definition) is 0. The minimum absolute atomic E-state index is 0.0706. The molecule has 2 heterocycles. The van der Waals surface area contributed by atoms with Gasteiger partial charge >= 0.3 is 0 Å². The maximum atomic E-state index is 12.0. The average Bonchev–Trinajstić information content (AvgIpc) is 2.68. The van der Waals surface area contributed by atoms with Crippen LogP contribution in [0.25, 0.3) is 15.9 Å². The molecule has 5 heteroatoms. The summed E-state index contributed by atoms with van der Waals surface area (Å²) < 4.78 is 1.53. The molecular weight excluding hydrogens is 232 g/mol. The molecule has 0 saturated carbocycles. The second kappa shape index (κ2) is 3.05. The molecule has 3 nitrogen and oxygen atoms in total. The Kier molecular flexibility index (Phi) is 1.81. The van der Waals surface area contributed by atoms with E-state index in [0.717, 1.165) is 0 Å². The molecule has 15 heavy (non-hydrogen) atoms. The molecule has 3 aromatic rings. The topological polar surface area (TPSA) is 34.4 Å². The van der Waals surface area contributed by atoms with Gasteiger partial charge in [0.25, 0.3) is 5.56 Å². The number of halogens is 1. The van der Waals surface area contributed by atoms with Gasteiger partial charge in [0.2, 0.25) is 0 Å². The van der Waals surface area contributed by atoms with E-state index in [1.165, 1.54) is 15.7 Å². The first-order valence-electron chi connectivity index (χ1n) is 4.31. The molecule has 0 aliphatic rings. The molecule has 0 atom stereocenters. The number of thiazole rings is 1. The van der Waals surface area contributed by atoms with Gasteiger partial charge in [-0.25, -0.2) is 4.98 Å². The summed E-state index contributed by atoms with van der Waals surface area (Å²) in [6.07, 6.45) is 1.72. The number of rotatable bonds is 0. The fraction of sp³-hybridized carbons (Fsp3) is 0. The summed E-state index contributed by atoms with van der Waals surface area (Å²) >= 11 is 7.41. The Morgan fingerprint density at radius 2 is 2.27 bits per heavy atom. The Morgan fingerprint density at radius 3 is 3.13 bits per heavy atom. The van der Waals surface area contributed by atoms with E-state index in [1.54, 1.807) is 24.4 Å². The number of fused-ring (bicyclic) bond motifs is 2. The van der Waals surface area contributed by atoms with Crippen molar-refractivity contribution in [3.05, 3.63) is 45.2 Å². The molecule has 1 aromatic carbocycles. The molecule has 3 rings (SSSR count). The van der Waals surface area contributed by atoms with Gasteiger partial charge in [-0.3, -0.25) is 9.20 Å². The lowest BCUT2D eigenvalue weighted by Gasteiger charge is -1.99. The third kappa shape index (κ3) is 1.19. The fourth-order valence-corrected chi connectivity index (χ4v) is 2.46. The highest BCUT2D eigenvalue weighted by molar-refractivity contribution is 7.15. The first kappa shape index (κ1) is 8.88. The summed E-state index contributed by atoms with van der Waals surface area (Å²) in [6.45, 7) is 0. The minimum atomic E-state index is -0.0706. The van der Waals surface area contributed by atoms with Gasteiger partial charge < -0.3 is 0 Å². The maximum absolute atomic E-state index is 12.0. The van der Waals surface area contributed by atoms with Crippen LogP contribution >= 0.6 is 22.9 Å². The van der Waals surface area contributed by atoms with Crippen LogP contribution in [0.3, 0.4) is 0 Å². The van der Waals surface area contributed by atoms with Crippen molar-refractivity contribution in [3.63, 3.8) is 0 Å². The van der Waals surface area contributed by atoms with E-state index in [9.17, 15) is 4.79 Å². The van der Waals surface area contributed by atoms with Crippen LogP contribution in [0, 0.1) is 0 Å². The van der Waals surface area contributed by atoms with Crippen LogP contribution in [0.2, 0.25) is 5.02 Å². The van der Waals surface area contributed by atoms with Gasteiger partial charge in [-0.1, -0.05) is 17.7 Å². The fourth-order valence-electron chi connectivity index (χ4n) is 1.53. The van der Waals surface area contributed by atoms with E-state index < -0.39 is 0 Å². The minimum Gasteiger partial charge on any atom is -0.268 e. The standard InChI is InChI=1S/C10H5ClN2OS/c11-7-3-1-2-6-8(7)12-10-13(9(6)14)4-5-15-10/h1-5H. The van der Waals surface area contributed by atoms with Crippen LogP contribution in [0.4, 0.5) is 0 Å². The monoisotopic (exact) mass is 236 g/mol. The number of aromatic nitrogens is 2. The maximum Gasteiger partial charge on any atom is 0.266 e. The smallest absolute Gasteiger partial charge is 0.266 e. The highest BCUT2D eigenvalue weighted by Gasteiger charge is 2.07. The number of hydrogen-bond acceptors (Lipinski definition) is 3. The SMILES string of the molecule is O=c1c2cccc(Cl)c2nc2sccn12. The lowest BCUT2D eigenvalue weighted by Crippen LogP contribution is -2.12. The molecule has 0 aliphatic heterocycles. The molecule has 0 bridgehead atoms. The molecule has 2 aromatic heterocycles. The van der Waals surface area contributed by atoms with Gasteiger partial charge in [-0.15, -0.1) is 11.3 Å². The molecule has 0 fully saturated rings. The summed E-state index contributed by atoms with van der Waals surface area (Å²) in [4.78, 5) is 17.0. The van der Waals surface area contributed by atoms with Gasteiger partial charge in [-0.05, 0) is 12.1 Å². The first-order valence-corrected chi connectivity index (χ1v) is 5.57. The molecule has 0 amide bonds. The number of para-hydroxylation sites is 1. The van der Waals surface area contributed by atoms with Crippen LogP contribution in [0.15, 0.2) is 34.6 Å². The van der Waals surface area contributed by atoms with Gasteiger partial charge in [0, 0.05) is 11.6 Å². The van der Waals surface area contributed by atoms with Crippen LogP contribution in [-0.4, -0.2) is 9.38 Å². The third-order valence-corrected chi connectivity index (χ3v) is 3.29. The summed E-state index contributed by atoms with van der Waals surface area (Å²) in [5.41, 5.74) is 0.505. The predicted molar refractivity (Wildman–Crippen MR) is 61.9 cm³/mol. The van der Waals surface area contributed by atoms with Crippen LogP contribution in [-0.2, 0) is 0 Å². The van der Waals surface area contributed by atoms with Gasteiger partial charge in [0.05, 0.1) is 15.9 Å². The van der Waals surface area contributed by atoms with Gasteiger partial charge in [0.1, 0.15) is 0 Å². The number of nitrogens with zero attached hydrogens (tertiary/aromatic N) is 2. The van der Waals surface area contributed by atoms with Crippen molar-refractivity contribution in [1.29, 1.82) is 0 Å². The third-order valence-electron chi connectivity index (χ3n) is 2.23. The zero-order chi connectivity index (χ0) is 10.4. The second-order valence-electron chi connectivity index (χ2n) is 3.11. The van der Waals surface area contributed by atoms with Crippen molar-refractivity contribution in [3.8, 4) is 0 Å². The van der Waals surface area contributed by atoms with Crippen LogP contribution < -0.4 is 5.56 Å². The quantitative estimate of drug-likeness (QED) is 0.601. The van der Waals surface area contributed by atoms with E-state index in [2.05, 4.69) is 4.98 Å². The Morgan fingerprint density at radius 1 is 1.40 bits per heavy atom. The van der Waals surface area contributed by atoms with Gasteiger partial charge in [0.15, 0.2) is 4.96 Å². The normalized spacial score (nSPS) is 11.3. The van der Waals surface area contributed by atoms with E-state index in [0.29, 0.717) is 20.9 Å². The molecule has 0 aliphatic carbocycles. The molecule has 0 N–H and O–H groups in total. The lowest BCUT2D eigenvalue weighted by atomic mass is 10.2. The summed E-state index contributed by atoms with van der Waals surface area (Å²) in [5, 5.41) is 2.90.